The first-order valence-corrected chi connectivity index (χ1v) is 12.6. The first-order chi connectivity index (χ1) is 16.0. The Hall–Kier alpha value is -3.17. The number of thiophene rings is 1. The number of hydrogen-bond donors (Lipinski definition) is 1. The van der Waals surface area contributed by atoms with Gasteiger partial charge in [0.1, 0.15) is 16.4 Å². The van der Waals surface area contributed by atoms with Crippen LogP contribution in [0.4, 0.5) is 0 Å². The van der Waals surface area contributed by atoms with Crippen LogP contribution in [0.25, 0.3) is 21.5 Å². The average molecular weight is 480 g/mol. The smallest absolute Gasteiger partial charge is 0.261 e. The second-order valence-corrected chi connectivity index (χ2v) is 10.1. The zero-order valence-electron chi connectivity index (χ0n) is 17.9. The van der Waals surface area contributed by atoms with Gasteiger partial charge in [-0.3, -0.25) is 19.3 Å². The molecule has 0 bridgehead atoms. The van der Waals surface area contributed by atoms with E-state index in [9.17, 15) is 14.4 Å². The van der Waals surface area contributed by atoms with Crippen LogP contribution in [0.2, 0.25) is 0 Å². The molecule has 7 nitrogen and oxygen atoms in total. The van der Waals surface area contributed by atoms with Gasteiger partial charge in [-0.1, -0.05) is 12.1 Å². The van der Waals surface area contributed by atoms with Gasteiger partial charge in [0.15, 0.2) is 0 Å². The van der Waals surface area contributed by atoms with E-state index < -0.39 is 0 Å². The van der Waals surface area contributed by atoms with E-state index in [-0.39, 0.29) is 22.6 Å². The van der Waals surface area contributed by atoms with E-state index in [1.54, 1.807) is 48.4 Å². The second-order valence-electron chi connectivity index (χ2n) is 7.79. The monoisotopic (exact) mass is 479 g/mol. The molecule has 1 aliphatic heterocycles. The minimum atomic E-state index is -0.212. The number of aromatic amines is 1. The van der Waals surface area contributed by atoms with E-state index in [2.05, 4.69) is 9.97 Å². The van der Waals surface area contributed by atoms with Gasteiger partial charge in [-0.05, 0) is 49.8 Å². The topological polar surface area (TPSA) is 96.3 Å². The van der Waals surface area contributed by atoms with Gasteiger partial charge in [-0.15, -0.1) is 11.3 Å². The Labute approximate surface area is 197 Å². The van der Waals surface area contributed by atoms with Crippen LogP contribution in [-0.4, -0.2) is 39.0 Å². The van der Waals surface area contributed by atoms with Crippen molar-refractivity contribution in [3.05, 3.63) is 75.3 Å². The summed E-state index contributed by atoms with van der Waals surface area (Å²) >= 11 is 3.12. The molecule has 0 aliphatic carbocycles. The molecule has 2 amide bonds. The molecule has 0 saturated heterocycles. The fraction of sp³-hybridized carbons (Fsp3) is 0.250. The summed E-state index contributed by atoms with van der Waals surface area (Å²) in [5, 5.41) is 2.46. The lowest BCUT2D eigenvalue weighted by atomic mass is 10.1. The number of carbonyl (C=O) groups excluding carboxylic acids is 2. The van der Waals surface area contributed by atoms with Gasteiger partial charge in [-0.2, -0.15) is 11.8 Å². The molecule has 5 rings (SSSR count). The molecule has 1 aliphatic rings. The van der Waals surface area contributed by atoms with Crippen LogP contribution in [0.3, 0.4) is 0 Å². The molecule has 4 heterocycles. The number of rotatable bonds is 8. The van der Waals surface area contributed by atoms with Gasteiger partial charge in [0, 0.05) is 17.5 Å². The molecule has 168 valence electrons. The second kappa shape index (κ2) is 8.99. The van der Waals surface area contributed by atoms with Crippen LogP contribution in [0.5, 0.6) is 0 Å². The van der Waals surface area contributed by atoms with Gasteiger partial charge >= 0.3 is 0 Å². The third-order valence-corrected chi connectivity index (χ3v) is 7.78. The molecule has 0 fully saturated rings. The molecular formula is C24H21N3O4S2. The van der Waals surface area contributed by atoms with Crippen LogP contribution in [-0.2, 0) is 0 Å². The summed E-state index contributed by atoms with van der Waals surface area (Å²) in [6.07, 6.45) is 3.16. The Kier molecular flexibility index (Phi) is 5.90. The maximum absolute atomic E-state index is 12.8. The molecule has 1 N–H and O–H groups in total. The van der Waals surface area contributed by atoms with E-state index in [1.807, 2.05) is 18.4 Å². The van der Waals surface area contributed by atoms with E-state index in [0.29, 0.717) is 39.5 Å². The molecule has 0 spiro atoms. The van der Waals surface area contributed by atoms with Gasteiger partial charge in [0.2, 0.25) is 0 Å². The van der Waals surface area contributed by atoms with Crippen LogP contribution in [0.1, 0.15) is 51.6 Å². The van der Waals surface area contributed by atoms with E-state index in [0.717, 1.165) is 24.2 Å². The van der Waals surface area contributed by atoms with Crippen molar-refractivity contribution in [3.63, 3.8) is 0 Å². The summed E-state index contributed by atoms with van der Waals surface area (Å²) in [6.45, 7) is 2.42. The molecule has 9 heteroatoms. The number of thioether (sulfide) groups is 1. The summed E-state index contributed by atoms with van der Waals surface area (Å²) in [5.74, 6) is 1.70. The summed E-state index contributed by atoms with van der Waals surface area (Å²) in [6, 6.07) is 10.6. The van der Waals surface area contributed by atoms with Crippen molar-refractivity contribution in [3.8, 4) is 11.3 Å². The number of unbranched alkanes of at least 4 members (excludes halogenated alkanes) is 1. The predicted octanol–water partition coefficient (Wildman–Crippen LogP) is 5.12. The Morgan fingerprint density at radius 1 is 1.06 bits per heavy atom. The molecule has 1 atom stereocenters. The Morgan fingerprint density at radius 3 is 2.52 bits per heavy atom. The summed E-state index contributed by atoms with van der Waals surface area (Å²) < 4.78 is 5.44. The Balaban J connectivity index is 1.17. The van der Waals surface area contributed by atoms with Crippen LogP contribution in [0, 0.1) is 0 Å². The minimum absolute atomic E-state index is 0.00979. The summed E-state index contributed by atoms with van der Waals surface area (Å²) in [4.78, 5) is 47.2. The molecule has 0 radical (unpaired) electrons. The predicted molar refractivity (Wildman–Crippen MR) is 130 cm³/mol. The molecular weight excluding hydrogens is 458 g/mol. The minimum Gasteiger partial charge on any atom is -0.464 e. The number of carbonyl (C=O) groups is 2. The number of H-pyrrole nitrogens is 1. The molecule has 4 aromatic rings. The Bertz CT molecular complexity index is 1360. The number of amides is 2. The lowest BCUT2D eigenvalue weighted by molar-refractivity contribution is 0.0652. The van der Waals surface area contributed by atoms with Gasteiger partial charge < -0.3 is 9.40 Å². The van der Waals surface area contributed by atoms with Gasteiger partial charge in [0.25, 0.3) is 17.4 Å². The van der Waals surface area contributed by atoms with Crippen LogP contribution >= 0.6 is 23.1 Å². The quantitative estimate of drug-likeness (QED) is 0.278. The van der Waals surface area contributed by atoms with Crippen molar-refractivity contribution in [1.29, 1.82) is 0 Å². The molecule has 33 heavy (non-hydrogen) atoms. The van der Waals surface area contributed by atoms with Crippen molar-refractivity contribution in [2.24, 2.45) is 0 Å². The lowest BCUT2D eigenvalue weighted by Crippen LogP contribution is -2.30. The normalized spacial score (nSPS) is 14.3. The molecule has 1 aromatic carbocycles. The van der Waals surface area contributed by atoms with Crippen molar-refractivity contribution in [1.82, 2.24) is 14.9 Å². The Morgan fingerprint density at radius 2 is 1.82 bits per heavy atom. The average Bonchev–Trinajstić information content (AvgIpc) is 3.54. The van der Waals surface area contributed by atoms with Gasteiger partial charge in [0.05, 0.1) is 28.0 Å². The summed E-state index contributed by atoms with van der Waals surface area (Å²) in [5.41, 5.74) is 1.56. The van der Waals surface area contributed by atoms with Gasteiger partial charge in [-0.25, -0.2) is 4.98 Å². The molecule has 3 aromatic heterocycles. The van der Waals surface area contributed by atoms with Crippen molar-refractivity contribution < 1.29 is 14.0 Å². The highest BCUT2D eigenvalue weighted by Gasteiger charge is 2.34. The number of nitrogens with one attached hydrogen (secondary N) is 1. The maximum Gasteiger partial charge on any atom is 0.261 e. The molecule has 0 saturated carbocycles. The summed E-state index contributed by atoms with van der Waals surface area (Å²) in [7, 11) is 0. The van der Waals surface area contributed by atoms with E-state index in [1.165, 1.54) is 16.2 Å². The first-order valence-electron chi connectivity index (χ1n) is 10.7. The fourth-order valence-electron chi connectivity index (χ4n) is 3.92. The number of fused-ring (bicyclic) bond motifs is 2. The number of aromatic nitrogens is 2. The highest BCUT2D eigenvalue weighted by molar-refractivity contribution is 7.99. The van der Waals surface area contributed by atoms with Crippen molar-refractivity contribution in [2.45, 2.75) is 25.0 Å². The first kappa shape index (κ1) is 21.7. The molecule has 1 unspecified atom stereocenters. The standard InChI is InChI=1S/C24H21N3O4S2/c1-14(20-25-21(28)19-17(13-33-22(19)26-20)18-9-6-11-31-18)32-12-5-4-10-27-23(29)15-7-2-3-8-16(15)24(27)30/h2-3,6-9,11,13-14H,4-5,10,12H2,1H3,(H,25,26,28). The number of nitrogens with zero attached hydrogens (tertiary/aromatic N) is 2. The van der Waals surface area contributed by atoms with E-state index >= 15 is 0 Å². The largest absolute Gasteiger partial charge is 0.464 e. The third-order valence-electron chi connectivity index (χ3n) is 5.66. The number of hydrogen-bond acceptors (Lipinski definition) is 7. The van der Waals surface area contributed by atoms with Crippen LogP contribution in [0.15, 0.2) is 57.3 Å². The van der Waals surface area contributed by atoms with Crippen molar-refractivity contribution >= 4 is 45.1 Å². The highest BCUT2D eigenvalue weighted by Crippen LogP contribution is 2.33. The number of furan rings is 1. The lowest BCUT2D eigenvalue weighted by Gasteiger charge is -2.14. The van der Waals surface area contributed by atoms with E-state index in [4.69, 9.17) is 4.42 Å². The maximum atomic E-state index is 12.8. The SMILES string of the molecule is CC(SCCCCN1C(=O)c2ccccc2C1=O)c1nc2scc(-c3ccco3)c2c(=O)[nH]1. The zero-order chi connectivity index (χ0) is 22.9. The number of imide groups is 1. The third kappa shape index (κ3) is 4.02. The number of benzene rings is 1. The zero-order valence-corrected chi connectivity index (χ0v) is 19.5. The van der Waals surface area contributed by atoms with Crippen molar-refractivity contribution in [2.75, 3.05) is 12.3 Å². The van der Waals surface area contributed by atoms with Crippen LogP contribution < -0.4 is 5.56 Å². The highest BCUT2D eigenvalue weighted by atomic mass is 32.2. The fourth-order valence-corrected chi connectivity index (χ4v) is 5.85.